The molecule has 0 spiro atoms. The van der Waals surface area contributed by atoms with E-state index in [9.17, 15) is 22.8 Å². The Morgan fingerprint density at radius 2 is 1.95 bits per heavy atom. The van der Waals surface area contributed by atoms with Crippen molar-refractivity contribution in [2.75, 3.05) is 13.1 Å². The number of aromatic nitrogens is 7. The Morgan fingerprint density at radius 1 is 1.16 bits per heavy atom. The number of hydrogen-bond acceptors (Lipinski definition) is 5. The zero-order valence-corrected chi connectivity index (χ0v) is 24.0. The van der Waals surface area contributed by atoms with Gasteiger partial charge in [-0.2, -0.15) is 18.3 Å². The summed E-state index contributed by atoms with van der Waals surface area (Å²) in [4.78, 5) is 39.5. The topological polar surface area (TPSA) is 130 Å². The Labute approximate surface area is 252 Å². The zero-order chi connectivity index (χ0) is 30.4. The summed E-state index contributed by atoms with van der Waals surface area (Å²) in [5, 5.41) is 11.3. The van der Waals surface area contributed by atoms with Gasteiger partial charge in [0.25, 0.3) is 0 Å². The van der Waals surface area contributed by atoms with Crippen LogP contribution in [0.1, 0.15) is 60.4 Å². The summed E-state index contributed by atoms with van der Waals surface area (Å²) in [7, 11) is 0. The molecule has 228 valence electrons. The highest BCUT2D eigenvalue weighted by Gasteiger charge is 2.66. The van der Waals surface area contributed by atoms with Crippen LogP contribution < -0.4 is 11.0 Å². The number of halogens is 4. The van der Waals surface area contributed by atoms with Gasteiger partial charge >= 0.3 is 17.9 Å². The maximum absolute atomic E-state index is 14.3. The molecule has 4 aromatic heterocycles. The number of alkyl halides is 3. The molecule has 8 rings (SSSR count). The quantitative estimate of drug-likeness (QED) is 0.267. The zero-order valence-electron chi connectivity index (χ0n) is 23.3. The predicted octanol–water partition coefficient (Wildman–Crippen LogP) is 4.74. The summed E-state index contributed by atoms with van der Waals surface area (Å²) in [6.45, 7) is 0.950. The second kappa shape index (κ2) is 9.58. The van der Waals surface area contributed by atoms with E-state index in [1.165, 1.54) is 6.20 Å². The number of urea groups is 1. The van der Waals surface area contributed by atoms with Crippen LogP contribution in [-0.4, -0.2) is 64.5 Å². The number of H-pyrrole nitrogens is 2. The smallest absolute Gasteiger partial charge is 0.328 e. The first kappa shape index (κ1) is 27.2. The number of likely N-dealkylation sites (tertiary alicyclic amines) is 1. The minimum absolute atomic E-state index is 0.00220. The molecule has 2 amide bonds. The standard InChI is InChI=1S/C29H27ClF3N9O2/c30-19-10-15-11-20(37-26(43)40-8-3-16(4-9-40)42-21-2-1-7-34-24(21)38-27(42)44)25-35-13-22(28(5-6-28)29(31,32)33)41(25)14-18(15)17-12-36-39-23(17)19/h1-2,7,10,12-13,16,20H,3-6,8-9,11,14H2,(H,36,39)(H,37,43)(H,34,38,44). The van der Waals surface area contributed by atoms with E-state index in [1.54, 1.807) is 38.6 Å². The van der Waals surface area contributed by atoms with Gasteiger partial charge in [-0.3, -0.25) is 14.6 Å². The van der Waals surface area contributed by atoms with Crippen LogP contribution >= 0.6 is 11.6 Å². The molecule has 0 bridgehead atoms. The third-order valence-electron chi connectivity index (χ3n) is 9.52. The van der Waals surface area contributed by atoms with Gasteiger partial charge in [0.1, 0.15) is 11.2 Å². The molecule has 5 aromatic rings. The summed E-state index contributed by atoms with van der Waals surface area (Å²) in [6, 6.07) is 4.27. The van der Waals surface area contributed by atoms with Crippen LogP contribution in [0.15, 0.2) is 41.6 Å². The van der Waals surface area contributed by atoms with E-state index in [0.29, 0.717) is 54.4 Å². The molecule has 2 aliphatic heterocycles. The average Bonchev–Trinajstić information content (AvgIpc) is 3.36. The van der Waals surface area contributed by atoms with Crippen molar-refractivity contribution in [1.82, 2.24) is 44.5 Å². The highest BCUT2D eigenvalue weighted by molar-refractivity contribution is 6.35. The van der Waals surface area contributed by atoms with Gasteiger partial charge in [-0.15, -0.1) is 0 Å². The van der Waals surface area contributed by atoms with Crippen molar-refractivity contribution in [2.24, 2.45) is 0 Å². The van der Waals surface area contributed by atoms with E-state index < -0.39 is 17.6 Å². The lowest BCUT2D eigenvalue weighted by Gasteiger charge is -2.33. The Morgan fingerprint density at radius 3 is 2.70 bits per heavy atom. The van der Waals surface area contributed by atoms with Crippen LogP contribution in [0.2, 0.25) is 5.02 Å². The number of amides is 2. The first-order valence-electron chi connectivity index (χ1n) is 14.5. The molecule has 1 saturated heterocycles. The van der Waals surface area contributed by atoms with Crippen molar-refractivity contribution in [1.29, 1.82) is 0 Å². The van der Waals surface area contributed by atoms with Crippen LogP contribution in [-0.2, 0) is 18.4 Å². The number of nitrogens with zero attached hydrogens (tertiary/aromatic N) is 6. The van der Waals surface area contributed by atoms with Gasteiger partial charge < -0.3 is 14.8 Å². The number of rotatable bonds is 3. The van der Waals surface area contributed by atoms with E-state index >= 15 is 0 Å². The lowest BCUT2D eigenvalue weighted by Crippen LogP contribution is -2.47. The number of carbonyl (C=O) groups excluding carboxylic acids is 1. The van der Waals surface area contributed by atoms with Gasteiger partial charge in [0.15, 0.2) is 5.65 Å². The van der Waals surface area contributed by atoms with Crippen LogP contribution in [0.4, 0.5) is 18.0 Å². The van der Waals surface area contributed by atoms with Crippen molar-refractivity contribution in [3.8, 4) is 0 Å². The number of carbonyl (C=O) groups is 1. The summed E-state index contributed by atoms with van der Waals surface area (Å²) in [5.74, 6) is 0.376. The lowest BCUT2D eigenvalue weighted by molar-refractivity contribution is -0.162. The Balaban J connectivity index is 1.09. The lowest BCUT2D eigenvalue weighted by atomic mass is 9.98. The van der Waals surface area contributed by atoms with Gasteiger partial charge in [0.05, 0.1) is 40.5 Å². The molecule has 11 nitrogen and oxygen atoms in total. The molecule has 3 N–H and O–H groups in total. The molecule has 2 fully saturated rings. The van der Waals surface area contributed by atoms with E-state index in [2.05, 4.69) is 30.5 Å². The molecule has 1 saturated carbocycles. The predicted molar refractivity (Wildman–Crippen MR) is 155 cm³/mol. The fourth-order valence-electron chi connectivity index (χ4n) is 7.05. The number of imidazole rings is 2. The summed E-state index contributed by atoms with van der Waals surface area (Å²) in [6.07, 6.45) is 1.56. The molecule has 1 aliphatic carbocycles. The van der Waals surface area contributed by atoms with Crippen molar-refractivity contribution in [3.05, 3.63) is 74.9 Å². The summed E-state index contributed by atoms with van der Waals surface area (Å²) in [5.41, 5.74) is 1.39. The second-order valence-corrected chi connectivity index (χ2v) is 12.3. The molecule has 44 heavy (non-hydrogen) atoms. The normalized spacial score (nSPS) is 20.0. The number of benzene rings is 1. The second-order valence-electron chi connectivity index (χ2n) is 11.9. The van der Waals surface area contributed by atoms with Gasteiger partial charge in [0.2, 0.25) is 0 Å². The van der Waals surface area contributed by atoms with Crippen molar-refractivity contribution >= 4 is 39.7 Å². The van der Waals surface area contributed by atoms with E-state index in [-0.39, 0.29) is 42.8 Å². The molecule has 1 aromatic carbocycles. The number of piperidine rings is 1. The molecule has 3 aliphatic rings. The monoisotopic (exact) mass is 625 g/mol. The van der Waals surface area contributed by atoms with Gasteiger partial charge in [-0.05, 0) is 55.0 Å². The highest BCUT2D eigenvalue weighted by atomic mass is 35.5. The van der Waals surface area contributed by atoms with Crippen molar-refractivity contribution in [3.63, 3.8) is 0 Å². The van der Waals surface area contributed by atoms with Gasteiger partial charge in [-0.1, -0.05) is 11.6 Å². The van der Waals surface area contributed by atoms with Crippen LogP contribution in [0.3, 0.4) is 0 Å². The SMILES string of the molecule is O=C(NC1Cc2cc(Cl)c3[nH]ncc3c2Cn2c(C3(C(F)(F)F)CC3)cnc21)N1CCC(n2c(=O)[nH]c3ncccc32)CC1. The fraction of sp³-hybridized carbons (Fsp3) is 0.414. The third-order valence-corrected chi connectivity index (χ3v) is 9.82. The number of hydrogen-bond donors (Lipinski definition) is 3. The van der Waals surface area contributed by atoms with E-state index in [1.807, 2.05) is 6.07 Å². The Hall–Kier alpha value is -4.33. The maximum atomic E-state index is 14.3. The molecule has 15 heteroatoms. The largest absolute Gasteiger partial charge is 0.399 e. The minimum atomic E-state index is -4.42. The summed E-state index contributed by atoms with van der Waals surface area (Å²) >= 11 is 6.56. The number of pyridine rings is 1. The third kappa shape index (κ3) is 4.06. The Kier molecular flexibility index (Phi) is 5.93. The molecule has 0 radical (unpaired) electrons. The summed E-state index contributed by atoms with van der Waals surface area (Å²) < 4.78 is 46.2. The number of nitrogens with one attached hydrogen (secondary N) is 3. The maximum Gasteiger partial charge on any atom is 0.399 e. The van der Waals surface area contributed by atoms with Crippen molar-refractivity contribution in [2.45, 2.75) is 62.3 Å². The average molecular weight is 626 g/mol. The van der Waals surface area contributed by atoms with Crippen LogP contribution in [0.25, 0.3) is 22.1 Å². The fourth-order valence-corrected chi connectivity index (χ4v) is 7.33. The van der Waals surface area contributed by atoms with Crippen molar-refractivity contribution < 1.29 is 18.0 Å². The van der Waals surface area contributed by atoms with Gasteiger partial charge in [-0.25, -0.2) is 19.6 Å². The van der Waals surface area contributed by atoms with Gasteiger partial charge in [0, 0.05) is 43.3 Å². The van der Waals surface area contributed by atoms with Crippen LogP contribution in [0.5, 0.6) is 0 Å². The molecule has 6 heterocycles. The number of aromatic amines is 2. The highest BCUT2D eigenvalue weighted by Crippen LogP contribution is 2.59. The molecule has 1 atom stereocenters. The molecule has 1 unspecified atom stereocenters. The first-order chi connectivity index (χ1) is 21.1. The molecular formula is C29H27ClF3N9O2. The van der Waals surface area contributed by atoms with Crippen LogP contribution in [0, 0.1) is 0 Å². The minimum Gasteiger partial charge on any atom is -0.328 e. The first-order valence-corrected chi connectivity index (χ1v) is 14.9. The molecular weight excluding hydrogens is 599 g/mol. The Bertz CT molecular complexity index is 2000. The van der Waals surface area contributed by atoms with E-state index in [0.717, 1.165) is 22.0 Å². The number of fused-ring (bicyclic) bond motifs is 5. The van der Waals surface area contributed by atoms with E-state index in [4.69, 9.17) is 11.6 Å².